The normalized spacial score (nSPS) is 12.0. The smallest absolute Gasteiger partial charge is 0.286 e. The van der Waals surface area contributed by atoms with Crippen LogP contribution >= 0.6 is 0 Å². The van der Waals surface area contributed by atoms with Crippen molar-refractivity contribution in [1.29, 1.82) is 0 Å². The Morgan fingerprint density at radius 2 is 1.64 bits per heavy atom. The molecule has 0 bridgehead atoms. The summed E-state index contributed by atoms with van der Waals surface area (Å²) in [7, 11) is 0. The van der Waals surface area contributed by atoms with E-state index in [9.17, 15) is 9.70 Å². The maximum Gasteiger partial charge on any atom is 0.286 e. The summed E-state index contributed by atoms with van der Waals surface area (Å²) in [6, 6.07) is 0. The van der Waals surface area contributed by atoms with Crippen molar-refractivity contribution in [2.45, 2.75) is 84.0 Å². The molecule has 0 aliphatic rings. The van der Waals surface area contributed by atoms with Gasteiger partial charge in [-0.15, -0.1) is 4.91 Å². The second kappa shape index (κ2) is 15.9. The van der Waals surface area contributed by atoms with Crippen molar-refractivity contribution < 1.29 is 4.79 Å². The van der Waals surface area contributed by atoms with Gasteiger partial charge in [0.05, 0.1) is 0 Å². The molecule has 1 amide bonds. The molecular formula is C18H32N2O2. The lowest BCUT2D eigenvalue weighted by atomic mass is 10.1. The number of unbranched alkanes of at least 4 members (excludes halogenated alkanes) is 7. The molecule has 0 aromatic heterocycles. The van der Waals surface area contributed by atoms with Crippen molar-refractivity contribution >= 4 is 5.91 Å². The van der Waals surface area contributed by atoms with Gasteiger partial charge in [-0.25, -0.2) is 0 Å². The second-order valence-electron chi connectivity index (χ2n) is 5.73. The average molecular weight is 308 g/mol. The van der Waals surface area contributed by atoms with E-state index >= 15 is 0 Å². The molecule has 0 radical (unpaired) electrons. The summed E-state index contributed by atoms with van der Waals surface area (Å²) >= 11 is 0. The summed E-state index contributed by atoms with van der Waals surface area (Å²) in [6.07, 6.45) is 18.8. The molecule has 22 heavy (non-hydrogen) atoms. The van der Waals surface area contributed by atoms with Gasteiger partial charge in [0.25, 0.3) is 5.91 Å². The topological polar surface area (TPSA) is 72.5 Å². The first-order chi connectivity index (χ1) is 10.7. The van der Waals surface area contributed by atoms with Gasteiger partial charge >= 0.3 is 0 Å². The van der Waals surface area contributed by atoms with E-state index in [0.29, 0.717) is 6.42 Å². The van der Waals surface area contributed by atoms with Gasteiger partial charge in [-0.05, 0) is 38.5 Å². The van der Waals surface area contributed by atoms with Gasteiger partial charge in [-0.2, -0.15) is 0 Å². The average Bonchev–Trinajstić information content (AvgIpc) is 2.52. The molecule has 0 aromatic rings. The molecule has 0 unspecified atom stereocenters. The Morgan fingerprint density at radius 3 is 2.36 bits per heavy atom. The van der Waals surface area contributed by atoms with E-state index in [1.807, 2.05) is 0 Å². The largest absolute Gasteiger partial charge is 0.402 e. The van der Waals surface area contributed by atoms with Crippen molar-refractivity contribution in [3.05, 3.63) is 28.8 Å². The fourth-order valence-electron chi connectivity index (χ4n) is 2.23. The van der Waals surface area contributed by atoms with Crippen LogP contribution in [-0.2, 0) is 4.79 Å². The fraction of sp³-hybridized carbons (Fsp3) is 0.722. The van der Waals surface area contributed by atoms with E-state index < -0.39 is 5.91 Å². The molecular weight excluding hydrogens is 276 g/mol. The minimum atomic E-state index is -0.523. The molecule has 0 rings (SSSR count). The number of allylic oxidation sites excluding steroid dienone is 4. The summed E-state index contributed by atoms with van der Waals surface area (Å²) in [5, 5.41) is 2.39. The molecule has 126 valence electrons. The molecule has 0 heterocycles. The molecule has 4 nitrogen and oxygen atoms in total. The maximum atomic E-state index is 10.7. The maximum absolute atomic E-state index is 10.7. The van der Waals surface area contributed by atoms with Crippen molar-refractivity contribution in [2.24, 2.45) is 10.9 Å². The van der Waals surface area contributed by atoms with E-state index in [1.165, 1.54) is 32.1 Å². The number of nitrogens with zero attached hydrogens (tertiary/aromatic N) is 1. The standard InChI is InChI=1S/C18H32N2O2/c1-2-3-11-14-17(19)15-12-9-7-5-4-6-8-10-13-16-18(21)20-22/h7,9,15H,2-6,8,10-14,16,19H2,1H3/b9-7-,17-15+. The third kappa shape index (κ3) is 14.9. The Labute approximate surface area is 135 Å². The number of hydrogen-bond donors (Lipinski definition) is 1. The van der Waals surface area contributed by atoms with E-state index in [4.69, 9.17) is 5.73 Å². The van der Waals surface area contributed by atoms with E-state index in [-0.39, 0.29) is 0 Å². The lowest BCUT2D eigenvalue weighted by Crippen LogP contribution is -1.96. The first-order valence-corrected chi connectivity index (χ1v) is 8.66. The number of amides is 1. The zero-order valence-corrected chi connectivity index (χ0v) is 14.1. The zero-order valence-electron chi connectivity index (χ0n) is 14.1. The van der Waals surface area contributed by atoms with Gasteiger partial charge in [0.1, 0.15) is 0 Å². The predicted molar refractivity (Wildman–Crippen MR) is 93.3 cm³/mol. The molecule has 0 aliphatic heterocycles. The van der Waals surface area contributed by atoms with Crippen molar-refractivity contribution in [1.82, 2.24) is 0 Å². The molecule has 0 atom stereocenters. The molecule has 0 aliphatic carbocycles. The molecule has 0 saturated carbocycles. The minimum absolute atomic E-state index is 0.301. The Balaban J connectivity index is 3.38. The highest BCUT2D eigenvalue weighted by Gasteiger charge is 1.99. The van der Waals surface area contributed by atoms with Gasteiger partial charge in [0.15, 0.2) is 0 Å². The molecule has 0 saturated heterocycles. The second-order valence-corrected chi connectivity index (χ2v) is 5.73. The van der Waals surface area contributed by atoms with Gasteiger partial charge in [-0.3, -0.25) is 4.79 Å². The highest BCUT2D eigenvalue weighted by Crippen LogP contribution is 2.09. The number of carbonyl (C=O) groups excluding carboxylic acids is 1. The Kier molecular flexibility index (Phi) is 14.9. The number of nitrogens with two attached hydrogens (primary N) is 1. The predicted octanol–water partition coefficient (Wildman–Crippen LogP) is 5.38. The highest BCUT2D eigenvalue weighted by atomic mass is 16.3. The Morgan fingerprint density at radius 1 is 0.955 bits per heavy atom. The summed E-state index contributed by atoms with van der Waals surface area (Å²) < 4.78 is 0. The van der Waals surface area contributed by atoms with Crippen molar-refractivity contribution in [3.8, 4) is 0 Å². The fourth-order valence-corrected chi connectivity index (χ4v) is 2.23. The molecule has 0 spiro atoms. The number of nitroso groups, excluding NO2 is 1. The lowest BCUT2D eigenvalue weighted by Gasteiger charge is -1.99. The first kappa shape index (κ1) is 20.6. The van der Waals surface area contributed by atoms with Crippen LogP contribution in [0.4, 0.5) is 0 Å². The minimum Gasteiger partial charge on any atom is -0.402 e. The number of carbonyl (C=O) groups is 1. The molecule has 2 N–H and O–H groups in total. The van der Waals surface area contributed by atoms with Crippen LogP contribution in [0.1, 0.15) is 84.0 Å². The lowest BCUT2D eigenvalue weighted by molar-refractivity contribution is -0.118. The summed E-state index contributed by atoms with van der Waals surface area (Å²) in [5.41, 5.74) is 6.94. The quantitative estimate of drug-likeness (QED) is 0.266. The van der Waals surface area contributed by atoms with Crippen LogP contribution in [0, 0.1) is 4.91 Å². The number of rotatable bonds is 14. The van der Waals surface area contributed by atoms with Crippen LogP contribution in [0.25, 0.3) is 0 Å². The van der Waals surface area contributed by atoms with E-state index in [1.54, 1.807) is 0 Å². The van der Waals surface area contributed by atoms with Crippen LogP contribution in [0.3, 0.4) is 0 Å². The first-order valence-electron chi connectivity index (χ1n) is 8.66. The Bertz CT molecular complexity index is 349. The van der Waals surface area contributed by atoms with E-state index in [0.717, 1.165) is 44.2 Å². The van der Waals surface area contributed by atoms with E-state index in [2.05, 4.69) is 30.3 Å². The van der Waals surface area contributed by atoms with Gasteiger partial charge in [-0.1, -0.05) is 57.3 Å². The molecule has 0 aromatic carbocycles. The van der Waals surface area contributed by atoms with Gasteiger partial charge in [0, 0.05) is 17.3 Å². The SMILES string of the molecule is CCCCC/C(N)=C\C/C=C\CCCCCCCC(=O)N=O. The summed E-state index contributed by atoms with van der Waals surface area (Å²) in [5.74, 6) is -0.523. The van der Waals surface area contributed by atoms with Gasteiger partial charge < -0.3 is 5.73 Å². The van der Waals surface area contributed by atoms with Crippen LogP contribution in [-0.4, -0.2) is 5.91 Å². The third-order valence-electron chi connectivity index (χ3n) is 3.62. The van der Waals surface area contributed by atoms with Crippen molar-refractivity contribution in [3.63, 3.8) is 0 Å². The molecule has 4 heteroatoms. The summed E-state index contributed by atoms with van der Waals surface area (Å²) in [4.78, 5) is 20.6. The van der Waals surface area contributed by atoms with Crippen molar-refractivity contribution in [2.75, 3.05) is 0 Å². The van der Waals surface area contributed by atoms with Crippen LogP contribution in [0.2, 0.25) is 0 Å². The Hall–Kier alpha value is -1.45. The summed E-state index contributed by atoms with van der Waals surface area (Å²) in [6.45, 7) is 2.20. The van der Waals surface area contributed by atoms with Crippen LogP contribution in [0.15, 0.2) is 29.1 Å². The van der Waals surface area contributed by atoms with Crippen LogP contribution < -0.4 is 5.73 Å². The highest BCUT2D eigenvalue weighted by molar-refractivity contribution is 5.76. The number of hydrogen-bond acceptors (Lipinski definition) is 3. The van der Waals surface area contributed by atoms with Gasteiger partial charge in [0.2, 0.25) is 0 Å². The zero-order chi connectivity index (χ0) is 16.5. The third-order valence-corrected chi connectivity index (χ3v) is 3.62. The van der Waals surface area contributed by atoms with Crippen LogP contribution in [0.5, 0.6) is 0 Å². The molecule has 0 fully saturated rings. The monoisotopic (exact) mass is 308 g/mol.